The molecule has 106 valence electrons. The van der Waals surface area contributed by atoms with Crippen LogP contribution < -0.4 is 4.74 Å². The average molecular weight is 298 g/mol. The summed E-state index contributed by atoms with van der Waals surface area (Å²) < 4.78 is 10.9. The average Bonchev–Trinajstić information content (AvgIpc) is 3.03. The molecule has 0 radical (unpaired) electrons. The molecule has 0 unspecified atom stereocenters. The number of hydrogen-bond donors (Lipinski definition) is 0. The van der Waals surface area contributed by atoms with Crippen LogP contribution in [0.1, 0.15) is 5.89 Å². The van der Waals surface area contributed by atoms with E-state index in [2.05, 4.69) is 10.2 Å². The maximum Gasteiger partial charge on any atom is 0.247 e. The summed E-state index contributed by atoms with van der Waals surface area (Å²) in [6, 6.07) is 17.7. The standard InChI is InChI=1S/C16H14N2O2S/c1-19-13-8-5-9-14(10-13)21-11-15-17-18-16(20-15)12-6-3-2-4-7-12/h2-10H,11H2,1H3. The number of hydrogen-bond acceptors (Lipinski definition) is 5. The maximum atomic E-state index is 5.67. The van der Waals surface area contributed by atoms with E-state index in [1.165, 1.54) is 0 Å². The zero-order valence-electron chi connectivity index (χ0n) is 11.5. The van der Waals surface area contributed by atoms with Gasteiger partial charge in [-0.25, -0.2) is 0 Å². The molecule has 0 aliphatic heterocycles. The Kier molecular flexibility index (Phi) is 4.21. The topological polar surface area (TPSA) is 48.2 Å². The van der Waals surface area contributed by atoms with E-state index in [9.17, 15) is 0 Å². The smallest absolute Gasteiger partial charge is 0.247 e. The van der Waals surface area contributed by atoms with Gasteiger partial charge in [0.2, 0.25) is 11.8 Å². The maximum absolute atomic E-state index is 5.67. The first kappa shape index (κ1) is 13.7. The zero-order valence-corrected chi connectivity index (χ0v) is 12.3. The molecule has 0 N–H and O–H groups in total. The first-order valence-electron chi connectivity index (χ1n) is 6.50. The van der Waals surface area contributed by atoms with E-state index in [1.54, 1.807) is 18.9 Å². The summed E-state index contributed by atoms with van der Waals surface area (Å²) in [6.45, 7) is 0. The third kappa shape index (κ3) is 3.44. The van der Waals surface area contributed by atoms with E-state index in [4.69, 9.17) is 9.15 Å². The molecular weight excluding hydrogens is 284 g/mol. The van der Waals surface area contributed by atoms with Crippen LogP contribution in [0, 0.1) is 0 Å². The van der Waals surface area contributed by atoms with Gasteiger partial charge in [0.25, 0.3) is 0 Å². The first-order chi connectivity index (χ1) is 10.3. The summed E-state index contributed by atoms with van der Waals surface area (Å²) in [5.41, 5.74) is 0.933. The second-order valence-electron chi connectivity index (χ2n) is 4.33. The predicted molar refractivity (Wildman–Crippen MR) is 82.3 cm³/mol. The Morgan fingerprint density at radius 3 is 2.71 bits per heavy atom. The summed E-state index contributed by atoms with van der Waals surface area (Å²) in [7, 11) is 1.66. The van der Waals surface area contributed by atoms with Gasteiger partial charge in [0.05, 0.1) is 12.9 Å². The fourth-order valence-corrected chi connectivity index (χ4v) is 2.63. The lowest BCUT2D eigenvalue weighted by molar-refractivity contribution is 0.413. The molecule has 0 spiro atoms. The molecule has 0 aliphatic carbocycles. The molecule has 0 fully saturated rings. The van der Waals surface area contributed by atoms with Gasteiger partial charge in [-0.15, -0.1) is 22.0 Å². The van der Waals surface area contributed by atoms with Gasteiger partial charge in [0.15, 0.2) is 0 Å². The molecule has 0 amide bonds. The van der Waals surface area contributed by atoms with Crippen LogP contribution in [0.15, 0.2) is 63.9 Å². The van der Waals surface area contributed by atoms with E-state index >= 15 is 0 Å². The Hall–Kier alpha value is -2.27. The lowest BCUT2D eigenvalue weighted by Gasteiger charge is -2.02. The molecule has 21 heavy (non-hydrogen) atoms. The highest BCUT2D eigenvalue weighted by Gasteiger charge is 2.08. The summed E-state index contributed by atoms with van der Waals surface area (Å²) in [4.78, 5) is 1.11. The molecule has 0 atom stereocenters. The summed E-state index contributed by atoms with van der Waals surface area (Å²) in [6.07, 6.45) is 0. The lowest BCUT2D eigenvalue weighted by Crippen LogP contribution is -1.83. The summed E-state index contributed by atoms with van der Waals surface area (Å²) in [5.74, 6) is 2.64. The number of methoxy groups -OCH3 is 1. The molecule has 1 heterocycles. The molecule has 3 aromatic rings. The van der Waals surface area contributed by atoms with Crippen molar-refractivity contribution in [1.29, 1.82) is 0 Å². The van der Waals surface area contributed by atoms with E-state index in [0.717, 1.165) is 16.2 Å². The van der Waals surface area contributed by atoms with Gasteiger partial charge in [0.1, 0.15) is 5.75 Å². The van der Waals surface area contributed by atoms with Gasteiger partial charge in [0, 0.05) is 10.5 Å². The van der Waals surface area contributed by atoms with Crippen molar-refractivity contribution >= 4 is 11.8 Å². The second kappa shape index (κ2) is 6.45. The number of aromatic nitrogens is 2. The normalized spacial score (nSPS) is 10.5. The van der Waals surface area contributed by atoms with Gasteiger partial charge in [-0.1, -0.05) is 24.3 Å². The highest BCUT2D eigenvalue weighted by molar-refractivity contribution is 7.98. The lowest BCUT2D eigenvalue weighted by atomic mass is 10.2. The minimum absolute atomic E-state index is 0.553. The fourth-order valence-electron chi connectivity index (χ4n) is 1.85. The molecule has 0 aliphatic rings. The zero-order chi connectivity index (χ0) is 14.5. The molecule has 0 bridgehead atoms. The third-order valence-corrected chi connectivity index (χ3v) is 3.87. The van der Waals surface area contributed by atoms with Crippen LogP contribution in [0.3, 0.4) is 0 Å². The number of thioether (sulfide) groups is 1. The van der Waals surface area contributed by atoms with E-state index < -0.39 is 0 Å². The minimum atomic E-state index is 0.553. The Morgan fingerprint density at radius 2 is 1.90 bits per heavy atom. The molecular formula is C16H14N2O2S. The predicted octanol–water partition coefficient (Wildman–Crippen LogP) is 4.04. The highest BCUT2D eigenvalue weighted by Crippen LogP contribution is 2.26. The van der Waals surface area contributed by atoms with Crippen molar-refractivity contribution in [3.63, 3.8) is 0 Å². The van der Waals surface area contributed by atoms with Crippen LogP contribution in [0.5, 0.6) is 5.75 Å². The van der Waals surface area contributed by atoms with Crippen molar-refractivity contribution < 1.29 is 9.15 Å². The van der Waals surface area contributed by atoms with E-state index in [1.807, 2.05) is 54.6 Å². The van der Waals surface area contributed by atoms with Crippen molar-refractivity contribution in [2.75, 3.05) is 7.11 Å². The van der Waals surface area contributed by atoms with Gasteiger partial charge in [-0.05, 0) is 30.3 Å². The van der Waals surface area contributed by atoms with Gasteiger partial charge in [-0.3, -0.25) is 0 Å². The molecule has 2 aromatic carbocycles. The monoisotopic (exact) mass is 298 g/mol. The Bertz CT molecular complexity index is 713. The van der Waals surface area contributed by atoms with Crippen LogP contribution >= 0.6 is 11.8 Å². The molecule has 0 saturated heterocycles. The largest absolute Gasteiger partial charge is 0.497 e. The fraction of sp³-hybridized carbons (Fsp3) is 0.125. The molecule has 5 heteroatoms. The molecule has 0 saturated carbocycles. The van der Waals surface area contributed by atoms with Gasteiger partial charge < -0.3 is 9.15 Å². The number of rotatable bonds is 5. The van der Waals surface area contributed by atoms with E-state index in [0.29, 0.717) is 17.5 Å². The first-order valence-corrected chi connectivity index (χ1v) is 7.48. The number of nitrogens with zero attached hydrogens (tertiary/aromatic N) is 2. The van der Waals surface area contributed by atoms with Crippen LogP contribution in [0.2, 0.25) is 0 Å². The van der Waals surface area contributed by atoms with Crippen LogP contribution in [-0.4, -0.2) is 17.3 Å². The van der Waals surface area contributed by atoms with Crippen molar-refractivity contribution in [3.05, 3.63) is 60.5 Å². The number of ether oxygens (including phenoxy) is 1. The number of benzene rings is 2. The Labute approximate surface area is 127 Å². The van der Waals surface area contributed by atoms with Crippen molar-refractivity contribution in [2.24, 2.45) is 0 Å². The molecule has 4 nitrogen and oxygen atoms in total. The second-order valence-corrected chi connectivity index (χ2v) is 5.38. The third-order valence-electron chi connectivity index (χ3n) is 2.89. The Balaban J connectivity index is 1.67. The van der Waals surface area contributed by atoms with Crippen molar-refractivity contribution in [2.45, 2.75) is 10.6 Å². The summed E-state index contributed by atoms with van der Waals surface area (Å²) in [5, 5.41) is 8.16. The minimum Gasteiger partial charge on any atom is -0.497 e. The summed E-state index contributed by atoms with van der Waals surface area (Å²) >= 11 is 1.64. The quantitative estimate of drug-likeness (QED) is 0.665. The van der Waals surface area contributed by atoms with Crippen LogP contribution in [0.25, 0.3) is 11.5 Å². The van der Waals surface area contributed by atoms with Crippen molar-refractivity contribution in [1.82, 2.24) is 10.2 Å². The van der Waals surface area contributed by atoms with E-state index in [-0.39, 0.29) is 0 Å². The van der Waals surface area contributed by atoms with Gasteiger partial charge in [-0.2, -0.15) is 0 Å². The SMILES string of the molecule is COc1cccc(SCc2nnc(-c3ccccc3)o2)c1. The molecule has 1 aromatic heterocycles. The Morgan fingerprint density at radius 1 is 1.05 bits per heavy atom. The highest BCUT2D eigenvalue weighted by atomic mass is 32.2. The van der Waals surface area contributed by atoms with Crippen LogP contribution in [-0.2, 0) is 5.75 Å². The molecule has 3 rings (SSSR count). The van der Waals surface area contributed by atoms with Crippen molar-refractivity contribution in [3.8, 4) is 17.2 Å². The van der Waals surface area contributed by atoms with Gasteiger partial charge >= 0.3 is 0 Å². The van der Waals surface area contributed by atoms with Crippen LogP contribution in [0.4, 0.5) is 0 Å².